The van der Waals surface area contributed by atoms with E-state index in [4.69, 9.17) is 11.6 Å². The molecular formula is C21H20ClF2N3O2S. The highest BCUT2D eigenvalue weighted by Crippen LogP contribution is 2.48. The van der Waals surface area contributed by atoms with Crippen LogP contribution in [0.1, 0.15) is 49.9 Å². The van der Waals surface area contributed by atoms with Crippen molar-refractivity contribution >= 4 is 39.1 Å². The predicted molar refractivity (Wildman–Crippen MR) is 113 cm³/mol. The zero-order chi connectivity index (χ0) is 21.7. The van der Waals surface area contributed by atoms with Crippen molar-refractivity contribution in [1.29, 1.82) is 0 Å². The molecule has 0 N–H and O–H groups in total. The fraction of sp³-hybridized carbons (Fsp3) is 0.381. The van der Waals surface area contributed by atoms with Crippen LogP contribution in [0.4, 0.5) is 8.78 Å². The quantitative estimate of drug-likeness (QED) is 0.674. The SMILES string of the molecule is CC1=N[C@](C)(c2cc(/C=C(\F)c3cnc(Cl)cn3)ccc2F)CS(=O)(=O)C12CCC2. The number of benzene rings is 1. The third-order valence-electron chi connectivity index (χ3n) is 6.03. The Morgan fingerprint density at radius 1 is 1.23 bits per heavy atom. The lowest BCUT2D eigenvalue weighted by Crippen LogP contribution is -2.58. The number of hydrogen-bond acceptors (Lipinski definition) is 5. The summed E-state index contributed by atoms with van der Waals surface area (Å²) >= 11 is 5.67. The van der Waals surface area contributed by atoms with E-state index in [2.05, 4.69) is 15.0 Å². The number of sulfone groups is 1. The number of halogens is 3. The fourth-order valence-electron chi connectivity index (χ4n) is 4.25. The van der Waals surface area contributed by atoms with Crippen molar-refractivity contribution in [2.75, 3.05) is 5.75 Å². The van der Waals surface area contributed by atoms with Crippen molar-refractivity contribution in [1.82, 2.24) is 9.97 Å². The Morgan fingerprint density at radius 3 is 2.53 bits per heavy atom. The number of aromatic nitrogens is 2. The Kier molecular flexibility index (Phi) is 5.05. The minimum atomic E-state index is -3.51. The maximum absolute atomic E-state index is 14.8. The summed E-state index contributed by atoms with van der Waals surface area (Å²) in [7, 11) is -3.51. The number of rotatable bonds is 3. The number of hydrogen-bond donors (Lipinski definition) is 0. The zero-order valence-corrected chi connectivity index (χ0v) is 18.1. The third kappa shape index (κ3) is 3.36. The van der Waals surface area contributed by atoms with Crippen LogP contribution in [0, 0.1) is 5.82 Å². The molecule has 1 aromatic heterocycles. The molecule has 158 valence electrons. The molecule has 30 heavy (non-hydrogen) atoms. The van der Waals surface area contributed by atoms with Gasteiger partial charge in [0.25, 0.3) is 0 Å². The molecule has 1 atom stereocenters. The van der Waals surface area contributed by atoms with Crippen LogP contribution >= 0.6 is 11.6 Å². The van der Waals surface area contributed by atoms with Gasteiger partial charge in [0.2, 0.25) is 0 Å². The standard InChI is InChI=1S/C21H20ClF2N3O2S/c1-13-21(6-3-7-21)30(28,29)12-20(2,27-13)15-8-14(4-5-16(15)23)9-17(24)18-10-26-19(22)11-25-18/h4-5,8-11H,3,6-7,12H2,1-2H3/b17-9-/t20-/m0/s1. The van der Waals surface area contributed by atoms with Gasteiger partial charge in [0.1, 0.15) is 21.4 Å². The van der Waals surface area contributed by atoms with Crippen molar-refractivity contribution < 1.29 is 17.2 Å². The molecule has 0 saturated heterocycles. The molecule has 1 aliphatic heterocycles. The molecule has 1 spiro atoms. The minimum Gasteiger partial charge on any atom is -0.280 e. The van der Waals surface area contributed by atoms with Crippen LogP contribution in [0.15, 0.2) is 35.6 Å². The Bertz CT molecular complexity index is 1180. The Morgan fingerprint density at radius 2 is 1.97 bits per heavy atom. The van der Waals surface area contributed by atoms with Gasteiger partial charge in [-0.1, -0.05) is 17.7 Å². The monoisotopic (exact) mass is 451 g/mol. The Balaban J connectivity index is 1.75. The summed E-state index contributed by atoms with van der Waals surface area (Å²) in [5, 5.41) is 0.138. The van der Waals surface area contributed by atoms with Gasteiger partial charge in [0, 0.05) is 11.3 Å². The van der Waals surface area contributed by atoms with Crippen molar-refractivity contribution in [3.8, 4) is 0 Å². The smallest absolute Gasteiger partial charge is 0.164 e. The van der Waals surface area contributed by atoms with Crippen molar-refractivity contribution in [2.45, 2.75) is 43.4 Å². The van der Waals surface area contributed by atoms with E-state index >= 15 is 0 Å². The van der Waals surface area contributed by atoms with Crippen molar-refractivity contribution in [3.05, 3.63) is 58.4 Å². The molecule has 2 aromatic rings. The molecule has 4 rings (SSSR count). The van der Waals surface area contributed by atoms with Gasteiger partial charge in [0.15, 0.2) is 15.7 Å². The van der Waals surface area contributed by atoms with Gasteiger partial charge in [-0.3, -0.25) is 4.99 Å². The molecule has 1 aliphatic carbocycles. The second-order valence-electron chi connectivity index (χ2n) is 8.03. The number of nitrogens with zero attached hydrogens (tertiary/aromatic N) is 3. The first kappa shape index (κ1) is 21.1. The van der Waals surface area contributed by atoms with Gasteiger partial charge in [-0.2, -0.15) is 0 Å². The first-order valence-corrected chi connectivity index (χ1v) is 11.5. The van der Waals surface area contributed by atoms with Crippen LogP contribution in [-0.4, -0.2) is 34.6 Å². The van der Waals surface area contributed by atoms with Crippen LogP contribution in [0.2, 0.25) is 5.15 Å². The summed E-state index contributed by atoms with van der Waals surface area (Å²) in [6, 6.07) is 4.04. The summed E-state index contributed by atoms with van der Waals surface area (Å²) in [4.78, 5) is 12.3. The first-order chi connectivity index (χ1) is 14.1. The topological polar surface area (TPSA) is 72.3 Å². The molecule has 1 aromatic carbocycles. The summed E-state index contributed by atoms with van der Waals surface area (Å²) in [5.41, 5.74) is -0.309. The average Bonchev–Trinajstić information content (AvgIpc) is 2.61. The van der Waals surface area contributed by atoms with Gasteiger partial charge in [-0.15, -0.1) is 0 Å². The predicted octanol–water partition coefficient (Wildman–Crippen LogP) is 4.76. The highest BCUT2D eigenvalue weighted by molar-refractivity contribution is 7.93. The largest absolute Gasteiger partial charge is 0.280 e. The highest BCUT2D eigenvalue weighted by atomic mass is 35.5. The molecule has 0 unspecified atom stereocenters. The van der Waals surface area contributed by atoms with Crippen LogP contribution in [0.25, 0.3) is 11.9 Å². The molecule has 0 amide bonds. The van der Waals surface area contributed by atoms with Gasteiger partial charge in [-0.25, -0.2) is 27.2 Å². The van der Waals surface area contributed by atoms with Crippen LogP contribution in [-0.2, 0) is 15.4 Å². The second kappa shape index (κ2) is 7.20. The number of aliphatic imine (C=N–C) groups is 1. The van der Waals surface area contributed by atoms with Crippen molar-refractivity contribution in [3.63, 3.8) is 0 Å². The lowest BCUT2D eigenvalue weighted by Gasteiger charge is -2.47. The normalized spacial score (nSPS) is 25.0. The van der Waals surface area contributed by atoms with E-state index in [0.717, 1.165) is 6.42 Å². The van der Waals surface area contributed by atoms with E-state index in [9.17, 15) is 17.2 Å². The zero-order valence-electron chi connectivity index (χ0n) is 16.5. The van der Waals surface area contributed by atoms with Crippen LogP contribution < -0.4 is 0 Å². The first-order valence-electron chi connectivity index (χ1n) is 9.51. The van der Waals surface area contributed by atoms with Gasteiger partial charge in [0.05, 0.1) is 23.7 Å². The van der Waals surface area contributed by atoms with Crippen LogP contribution in [0.3, 0.4) is 0 Å². The highest BCUT2D eigenvalue weighted by Gasteiger charge is 2.57. The molecule has 0 bridgehead atoms. The lowest BCUT2D eigenvalue weighted by atomic mass is 9.79. The summed E-state index contributed by atoms with van der Waals surface area (Å²) in [6.45, 7) is 3.31. The minimum absolute atomic E-state index is 0.0162. The Hall–Kier alpha value is -2.19. The Labute approximate surface area is 178 Å². The molecular weight excluding hydrogens is 432 g/mol. The van der Waals surface area contributed by atoms with E-state index in [0.29, 0.717) is 24.1 Å². The van der Waals surface area contributed by atoms with Gasteiger partial charge < -0.3 is 0 Å². The maximum Gasteiger partial charge on any atom is 0.164 e. The van der Waals surface area contributed by atoms with Crippen LogP contribution in [0.5, 0.6) is 0 Å². The van der Waals surface area contributed by atoms with E-state index in [1.54, 1.807) is 13.8 Å². The van der Waals surface area contributed by atoms with E-state index in [-0.39, 0.29) is 22.2 Å². The molecule has 2 heterocycles. The maximum atomic E-state index is 14.8. The molecule has 2 aliphatic rings. The molecule has 1 saturated carbocycles. The van der Waals surface area contributed by atoms with Gasteiger partial charge >= 0.3 is 0 Å². The molecule has 5 nitrogen and oxygen atoms in total. The van der Waals surface area contributed by atoms with E-state index in [1.165, 1.54) is 36.7 Å². The average molecular weight is 452 g/mol. The molecule has 9 heteroatoms. The third-order valence-corrected chi connectivity index (χ3v) is 9.06. The molecule has 0 radical (unpaired) electrons. The van der Waals surface area contributed by atoms with E-state index < -0.39 is 31.8 Å². The lowest BCUT2D eigenvalue weighted by molar-refractivity contribution is 0.389. The molecule has 1 fully saturated rings. The summed E-state index contributed by atoms with van der Waals surface area (Å²) in [6.07, 6.45) is 5.55. The summed E-state index contributed by atoms with van der Waals surface area (Å²) in [5.74, 6) is -1.55. The fourth-order valence-corrected chi connectivity index (χ4v) is 6.99. The van der Waals surface area contributed by atoms with E-state index in [1.807, 2.05) is 0 Å². The second-order valence-corrected chi connectivity index (χ2v) is 10.7. The van der Waals surface area contributed by atoms with Gasteiger partial charge in [-0.05, 0) is 56.9 Å². The van der Waals surface area contributed by atoms with Crippen molar-refractivity contribution in [2.24, 2.45) is 4.99 Å². The summed E-state index contributed by atoms with van der Waals surface area (Å²) < 4.78 is 54.6.